The molecule has 0 unspecified atom stereocenters. The summed E-state index contributed by atoms with van der Waals surface area (Å²) in [5, 5.41) is 5.98. The van der Waals surface area contributed by atoms with Crippen molar-refractivity contribution in [2.45, 2.75) is 20.3 Å². The maximum absolute atomic E-state index is 12.2. The molecule has 0 fully saturated rings. The average molecular weight is 373 g/mol. The summed E-state index contributed by atoms with van der Waals surface area (Å²) in [5.74, 6) is 0.160. The first kappa shape index (κ1) is 19.5. The Bertz CT molecular complexity index is 801. The van der Waals surface area contributed by atoms with E-state index in [1.54, 1.807) is 36.4 Å². The molecule has 2 amide bonds. The van der Waals surface area contributed by atoms with Gasteiger partial charge in [0.2, 0.25) is 11.8 Å². The molecule has 0 spiro atoms. The van der Waals surface area contributed by atoms with Crippen molar-refractivity contribution in [1.29, 1.82) is 0 Å². The highest BCUT2D eigenvalue weighted by Crippen LogP contribution is 2.28. The molecule has 0 saturated heterocycles. The molecule has 0 aromatic heterocycles. The first-order valence-electron chi connectivity index (χ1n) is 8.27. The molecule has 2 aromatic rings. The summed E-state index contributed by atoms with van der Waals surface area (Å²) in [5.41, 5.74) is 2.07. The van der Waals surface area contributed by atoms with Gasteiger partial charge in [-0.3, -0.25) is 9.59 Å². The van der Waals surface area contributed by atoms with Gasteiger partial charge in [0.25, 0.3) is 0 Å². The van der Waals surface area contributed by atoms with E-state index in [9.17, 15) is 9.59 Å². The molecular formula is C20H21ClN2O3. The van der Waals surface area contributed by atoms with E-state index in [-0.39, 0.29) is 11.8 Å². The molecule has 0 bridgehead atoms. The molecule has 0 saturated carbocycles. The third-order valence-corrected chi connectivity index (χ3v) is 3.55. The number of rotatable bonds is 7. The number of carbonyl (C=O) groups excluding carboxylic acids is 2. The lowest BCUT2D eigenvalue weighted by atomic mass is 10.2. The molecule has 0 radical (unpaired) electrons. The number of ether oxygens (including phenoxy) is 1. The minimum atomic E-state index is -0.292. The van der Waals surface area contributed by atoms with E-state index in [0.717, 1.165) is 12.0 Å². The largest absolute Gasteiger partial charge is 0.491 e. The van der Waals surface area contributed by atoms with Crippen LogP contribution in [0.15, 0.2) is 48.5 Å². The van der Waals surface area contributed by atoms with Gasteiger partial charge in [0.05, 0.1) is 12.3 Å². The quantitative estimate of drug-likeness (QED) is 0.690. The molecule has 2 rings (SSSR count). The summed E-state index contributed by atoms with van der Waals surface area (Å²) in [6.07, 6.45) is 3.98. The van der Waals surface area contributed by atoms with Crippen LogP contribution >= 0.6 is 11.6 Å². The standard InChI is InChI=1S/C20H21ClN2O3/c1-3-12-26-19-10-7-16(21)13-18(19)23-20(25)11-6-15-4-8-17(9-5-15)22-14(2)24/h4-11,13H,3,12H2,1-2H3,(H,22,24)(H,23,25)/b11-6+. The first-order valence-corrected chi connectivity index (χ1v) is 8.65. The summed E-state index contributed by atoms with van der Waals surface area (Å²) >= 11 is 6.00. The fourth-order valence-corrected chi connectivity index (χ4v) is 2.34. The van der Waals surface area contributed by atoms with E-state index < -0.39 is 0 Å². The Labute approximate surface area is 158 Å². The molecule has 0 aliphatic carbocycles. The zero-order chi connectivity index (χ0) is 18.9. The van der Waals surface area contributed by atoms with Crippen LogP contribution in [0, 0.1) is 0 Å². The number of benzene rings is 2. The first-order chi connectivity index (χ1) is 12.5. The van der Waals surface area contributed by atoms with Crippen molar-refractivity contribution in [2.75, 3.05) is 17.2 Å². The van der Waals surface area contributed by atoms with Crippen LogP contribution in [0.1, 0.15) is 25.8 Å². The third kappa shape index (κ3) is 6.26. The van der Waals surface area contributed by atoms with Gasteiger partial charge < -0.3 is 15.4 Å². The topological polar surface area (TPSA) is 67.4 Å². The SMILES string of the molecule is CCCOc1ccc(Cl)cc1NC(=O)/C=C/c1ccc(NC(C)=O)cc1. The summed E-state index contributed by atoms with van der Waals surface area (Å²) in [4.78, 5) is 23.2. The number of halogens is 1. The Balaban J connectivity index is 2.03. The summed E-state index contributed by atoms with van der Waals surface area (Å²) in [7, 11) is 0. The van der Waals surface area contributed by atoms with Gasteiger partial charge in [-0.05, 0) is 48.4 Å². The van der Waals surface area contributed by atoms with E-state index in [0.29, 0.717) is 28.8 Å². The van der Waals surface area contributed by atoms with Crippen molar-refractivity contribution >= 4 is 40.9 Å². The predicted octanol–water partition coefficient (Wildman–Crippen LogP) is 4.74. The van der Waals surface area contributed by atoms with E-state index in [1.807, 2.05) is 19.1 Å². The lowest BCUT2D eigenvalue weighted by Crippen LogP contribution is -2.09. The Hall–Kier alpha value is -2.79. The van der Waals surface area contributed by atoms with Gasteiger partial charge in [0, 0.05) is 23.7 Å². The van der Waals surface area contributed by atoms with Gasteiger partial charge in [-0.15, -0.1) is 0 Å². The van der Waals surface area contributed by atoms with Crippen molar-refractivity contribution in [1.82, 2.24) is 0 Å². The second kappa shape index (κ2) is 9.63. The Kier molecular flexibility index (Phi) is 7.24. The van der Waals surface area contributed by atoms with Crippen LogP contribution in [0.4, 0.5) is 11.4 Å². The van der Waals surface area contributed by atoms with Gasteiger partial charge in [-0.1, -0.05) is 30.7 Å². The van der Waals surface area contributed by atoms with Crippen LogP contribution in [-0.4, -0.2) is 18.4 Å². The summed E-state index contributed by atoms with van der Waals surface area (Å²) in [6.45, 7) is 4.02. The molecule has 6 heteroatoms. The number of hydrogen-bond donors (Lipinski definition) is 2. The Morgan fingerprint density at radius 3 is 2.50 bits per heavy atom. The van der Waals surface area contributed by atoms with Crippen molar-refractivity contribution in [3.8, 4) is 5.75 Å². The molecule has 0 heterocycles. The molecule has 26 heavy (non-hydrogen) atoms. The lowest BCUT2D eigenvalue weighted by molar-refractivity contribution is -0.114. The van der Waals surface area contributed by atoms with Gasteiger partial charge >= 0.3 is 0 Å². The van der Waals surface area contributed by atoms with Crippen LogP contribution in [0.5, 0.6) is 5.75 Å². The van der Waals surface area contributed by atoms with Gasteiger partial charge in [0.15, 0.2) is 0 Å². The number of amides is 2. The minimum Gasteiger partial charge on any atom is -0.491 e. The van der Waals surface area contributed by atoms with Crippen molar-refractivity contribution < 1.29 is 14.3 Å². The van der Waals surface area contributed by atoms with Crippen LogP contribution in [0.2, 0.25) is 5.02 Å². The summed E-state index contributed by atoms with van der Waals surface area (Å²) < 4.78 is 5.62. The van der Waals surface area contributed by atoms with Crippen LogP contribution in [0.3, 0.4) is 0 Å². The molecule has 0 aliphatic heterocycles. The van der Waals surface area contributed by atoms with E-state index >= 15 is 0 Å². The fraction of sp³-hybridized carbons (Fsp3) is 0.200. The minimum absolute atomic E-state index is 0.129. The van der Waals surface area contributed by atoms with Gasteiger partial charge in [-0.25, -0.2) is 0 Å². The second-order valence-electron chi connectivity index (χ2n) is 5.61. The Morgan fingerprint density at radius 1 is 1.12 bits per heavy atom. The van der Waals surface area contributed by atoms with Crippen molar-refractivity contribution in [3.05, 3.63) is 59.1 Å². The highest BCUT2D eigenvalue weighted by molar-refractivity contribution is 6.31. The number of nitrogens with one attached hydrogen (secondary N) is 2. The normalized spacial score (nSPS) is 10.6. The van der Waals surface area contributed by atoms with E-state index in [1.165, 1.54) is 13.0 Å². The predicted molar refractivity (Wildman–Crippen MR) is 106 cm³/mol. The highest BCUT2D eigenvalue weighted by atomic mass is 35.5. The lowest BCUT2D eigenvalue weighted by Gasteiger charge is -2.11. The monoisotopic (exact) mass is 372 g/mol. The molecule has 5 nitrogen and oxygen atoms in total. The number of anilines is 2. The Morgan fingerprint density at radius 2 is 1.85 bits per heavy atom. The second-order valence-corrected chi connectivity index (χ2v) is 6.05. The zero-order valence-corrected chi connectivity index (χ0v) is 15.5. The number of hydrogen-bond acceptors (Lipinski definition) is 3. The van der Waals surface area contributed by atoms with Crippen LogP contribution < -0.4 is 15.4 Å². The smallest absolute Gasteiger partial charge is 0.248 e. The molecule has 0 aliphatic rings. The van der Waals surface area contributed by atoms with Crippen molar-refractivity contribution in [2.24, 2.45) is 0 Å². The average Bonchev–Trinajstić information content (AvgIpc) is 2.60. The molecular weight excluding hydrogens is 352 g/mol. The molecule has 136 valence electrons. The van der Waals surface area contributed by atoms with Gasteiger partial charge in [0.1, 0.15) is 5.75 Å². The van der Waals surface area contributed by atoms with Gasteiger partial charge in [-0.2, -0.15) is 0 Å². The number of carbonyl (C=O) groups is 2. The van der Waals surface area contributed by atoms with Crippen LogP contribution in [0.25, 0.3) is 6.08 Å². The zero-order valence-electron chi connectivity index (χ0n) is 14.7. The summed E-state index contributed by atoms with van der Waals surface area (Å²) in [6, 6.07) is 12.3. The van der Waals surface area contributed by atoms with Crippen LogP contribution in [-0.2, 0) is 9.59 Å². The van der Waals surface area contributed by atoms with E-state index in [2.05, 4.69) is 10.6 Å². The highest BCUT2D eigenvalue weighted by Gasteiger charge is 2.07. The molecule has 2 N–H and O–H groups in total. The maximum atomic E-state index is 12.2. The van der Waals surface area contributed by atoms with Crippen molar-refractivity contribution in [3.63, 3.8) is 0 Å². The maximum Gasteiger partial charge on any atom is 0.248 e. The molecule has 2 aromatic carbocycles. The third-order valence-electron chi connectivity index (χ3n) is 3.32. The van der Waals surface area contributed by atoms with E-state index in [4.69, 9.17) is 16.3 Å². The fourth-order valence-electron chi connectivity index (χ4n) is 2.16. The molecule has 0 atom stereocenters.